The van der Waals surface area contributed by atoms with E-state index in [0.717, 1.165) is 24.7 Å². The fourth-order valence-corrected chi connectivity index (χ4v) is 1.48. The first-order valence-corrected chi connectivity index (χ1v) is 5.47. The summed E-state index contributed by atoms with van der Waals surface area (Å²) in [5.74, 6) is 0.804. The Morgan fingerprint density at radius 3 is 2.64 bits per heavy atom. The highest BCUT2D eigenvalue weighted by molar-refractivity contribution is 5.02. The van der Waals surface area contributed by atoms with Gasteiger partial charge >= 0.3 is 0 Å². The quantitative estimate of drug-likeness (QED) is 0.749. The molecule has 2 nitrogen and oxygen atoms in total. The summed E-state index contributed by atoms with van der Waals surface area (Å²) in [5, 5.41) is 3.44. The van der Waals surface area contributed by atoms with Crippen molar-refractivity contribution in [1.82, 2.24) is 10.3 Å². The lowest BCUT2D eigenvalue weighted by Crippen LogP contribution is -2.22. The van der Waals surface area contributed by atoms with Crippen molar-refractivity contribution in [3.8, 4) is 0 Å². The Labute approximate surface area is 86.8 Å². The molecule has 0 fully saturated rings. The summed E-state index contributed by atoms with van der Waals surface area (Å²) in [6.07, 6.45) is 4.35. The molecule has 1 rings (SSSR count). The molecule has 0 atom stereocenters. The predicted molar refractivity (Wildman–Crippen MR) is 60.0 cm³/mol. The number of nitrogens with zero attached hydrogens (tertiary/aromatic N) is 1. The molecular formula is C12H20N2. The van der Waals surface area contributed by atoms with Crippen molar-refractivity contribution in [2.75, 3.05) is 6.54 Å². The summed E-state index contributed by atoms with van der Waals surface area (Å²) in [4.78, 5) is 4.26. The van der Waals surface area contributed by atoms with Crippen LogP contribution in [0.15, 0.2) is 24.4 Å². The average molecular weight is 192 g/mol. The van der Waals surface area contributed by atoms with Gasteiger partial charge in [-0.05, 0) is 24.6 Å². The standard InChI is InChI=1S/C12H20N2/c1-3-11(4-2)9-13-10-12-7-5-6-8-14-12/h5-8,11,13H,3-4,9-10H2,1-2H3. The summed E-state index contributed by atoms with van der Waals surface area (Å²) in [6, 6.07) is 6.03. The van der Waals surface area contributed by atoms with Crippen molar-refractivity contribution in [2.24, 2.45) is 5.92 Å². The number of hydrogen-bond donors (Lipinski definition) is 1. The summed E-state index contributed by atoms with van der Waals surface area (Å²) in [6.45, 7) is 6.48. The molecule has 0 saturated carbocycles. The molecule has 0 aliphatic rings. The lowest BCUT2D eigenvalue weighted by Gasteiger charge is -2.12. The smallest absolute Gasteiger partial charge is 0.0541 e. The Bertz CT molecular complexity index is 229. The van der Waals surface area contributed by atoms with E-state index in [1.54, 1.807) is 0 Å². The molecule has 0 amide bonds. The molecule has 0 aliphatic heterocycles. The van der Waals surface area contributed by atoms with Crippen LogP contribution < -0.4 is 5.32 Å². The van der Waals surface area contributed by atoms with Gasteiger partial charge in [0.05, 0.1) is 5.69 Å². The summed E-state index contributed by atoms with van der Waals surface area (Å²) in [5.41, 5.74) is 1.12. The van der Waals surface area contributed by atoms with Gasteiger partial charge in [0, 0.05) is 12.7 Å². The number of pyridine rings is 1. The third-order valence-electron chi connectivity index (χ3n) is 2.62. The first-order valence-electron chi connectivity index (χ1n) is 5.47. The SMILES string of the molecule is CCC(CC)CNCc1ccccn1. The average Bonchev–Trinajstić information content (AvgIpc) is 2.26. The molecule has 0 aromatic carbocycles. The lowest BCUT2D eigenvalue weighted by molar-refractivity contribution is 0.448. The zero-order valence-corrected chi connectivity index (χ0v) is 9.16. The van der Waals surface area contributed by atoms with Crippen LogP contribution in [0, 0.1) is 5.92 Å². The van der Waals surface area contributed by atoms with Crippen LogP contribution in [0.1, 0.15) is 32.4 Å². The van der Waals surface area contributed by atoms with Crippen LogP contribution in [-0.2, 0) is 6.54 Å². The van der Waals surface area contributed by atoms with E-state index in [9.17, 15) is 0 Å². The fourth-order valence-electron chi connectivity index (χ4n) is 1.48. The van der Waals surface area contributed by atoms with Crippen LogP contribution >= 0.6 is 0 Å². The molecular weight excluding hydrogens is 172 g/mol. The van der Waals surface area contributed by atoms with Crippen molar-refractivity contribution in [3.05, 3.63) is 30.1 Å². The van der Waals surface area contributed by atoms with Crippen LogP contribution in [0.3, 0.4) is 0 Å². The minimum absolute atomic E-state index is 0.804. The molecule has 0 radical (unpaired) electrons. The van der Waals surface area contributed by atoms with Gasteiger partial charge < -0.3 is 5.32 Å². The van der Waals surface area contributed by atoms with Crippen molar-refractivity contribution in [3.63, 3.8) is 0 Å². The molecule has 2 heteroatoms. The van der Waals surface area contributed by atoms with Crippen LogP contribution in [0.4, 0.5) is 0 Å². The second-order valence-electron chi connectivity index (χ2n) is 3.63. The maximum atomic E-state index is 4.26. The Hall–Kier alpha value is -0.890. The highest BCUT2D eigenvalue weighted by Gasteiger charge is 2.01. The molecule has 0 bridgehead atoms. The van der Waals surface area contributed by atoms with E-state index < -0.39 is 0 Å². The van der Waals surface area contributed by atoms with Crippen LogP contribution in [0.5, 0.6) is 0 Å². The predicted octanol–water partition coefficient (Wildman–Crippen LogP) is 2.61. The van der Waals surface area contributed by atoms with Gasteiger partial charge in [0.1, 0.15) is 0 Å². The molecule has 1 N–H and O–H groups in total. The fraction of sp³-hybridized carbons (Fsp3) is 0.583. The normalized spacial score (nSPS) is 10.8. The summed E-state index contributed by atoms with van der Waals surface area (Å²) >= 11 is 0. The molecule has 0 spiro atoms. The third-order valence-corrected chi connectivity index (χ3v) is 2.62. The van der Waals surface area contributed by atoms with Crippen molar-refractivity contribution in [1.29, 1.82) is 0 Å². The molecule has 0 aliphatic carbocycles. The number of aromatic nitrogens is 1. The molecule has 1 heterocycles. The molecule has 14 heavy (non-hydrogen) atoms. The number of nitrogens with one attached hydrogen (secondary N) is 1. The van der Waals surface area contributed by atoms with Gasteiger partial charge in [-0.3, -0.25) is 4.98 Å². The Balaban J connectivity index is 2.21. The monoisotopic (exact) mass is 192 g/mol. The number of rotatable bonds is 6. The Morgan fingerprint density at radius 2 is 2.07 bits per heavy atom. The van der Waals surface area contributed by atoms with E-state index in [1.807, 2.05) is 18.3 Å². The lowest BCUT2D eigenvalue weighted by atomic mass is 10.0. The van der Waals surface area contributed by atoms with Crippen LogP contribution in [-0.4, -0.2) is 11.5 Å². The minimum Gasteiger partial charge on any atom is -0.311 e. The third kappa shape index (κ3) is 3.88. The van der Waals surface area contributed by atoms with Gasteiger partial charge in [-0.1, -0.05) is 32.8 Å². The highest BCUT2D eigenvalue weighted by atomic mass is 14.9. The molecule has 78 valence electrons. The second-order valence-corrected chi connectivity index (χ2v) is 3.63. The van der Waals surface area contributed by atoms with Gasteiger partial charge in [-0.2, -0.15) is 0 Å². The summed E-state index contributed by atoms with van der Waals surface area (Å²) in [7, 11) is 0. The van der Waals surface area contributed by atoms with Crippen molar-refractivity contribution in [2.45, 2.75) is 33.2 Å². The van der Waals surface area contributed by atoms with E-state index in [2.05, 4.69) is 30.2 Å². The number of hydrogen-bond acceptors (Lipinski definition) is 2. The van der Waals surface area contributed by atoms with Crippen LogP contribution in [0.25, 0.3) is 0 Å². The zero-order valence-electron chi connectivity index (χ0n) is 9.16. The van der Waals surface area contributed by atoms with Gasteiger partial charge in [0.2, 0.25) is 0 Å². The van der Waals surface area contributed by atoms with E-state index in [1.165, 1.54) is 12.8 Å². The molecule has 1 aromatic rings. The largest absolute Gasteiger partial charge is 0.311 e. The van der Waals surface area contributed by atoms with Crippen molar-refractivity contribution < 1.29 is 0 Å². The van der Waals surface area contributed by atoms with E-state index in [-0.39, 0.29) is 0 Å². The first-order chi connectivity index (χ1) is 6.86. The molecule has 0 unspecified atom stereocenters. The van der Waals surface area contributed by atoms with E-state index >= 15 is 0 Å². The molecule has 0 saturated heterocycles. The maximum Gasteiger partial charge on any atom is 0.0541 e. The van der Waals surface area contributed by atoms with Gasteiger partial charge in [0.25, 0.3) is 0 Å². The maximum absolute atomic E-state index is 4.26. The zero-order chi connectivity index (χ0) is 10.2. The van der Waals surface area contributed by atoms with Gasteiger partial charge in [-0.25, -0.2) is 0 Å². The first kappa shape index (κ1) is 11.2. The molecule has 1 aromatic heterocycles. The Morgan fingerprint density at radius 1 is 1.29 bits per heavy atom. The van der Waals surface area contributed by atoms with E-state index in [0.29, 0.717) is 0 Å². The van der Waals surface area contributed by atoms with Crippen molar-refractivity contribution >= 4 is 0 Å². The van der Waals surface area contributed by atoms with Gasteiger partial charge in [-0.15, -0.1) is 0 Å². The topological polar surface area (TPSA) is 24.9 Å². The van der Waals surface area contributed by atoms with E-state index in [4.69, 9.17) is 0 Å². The Kier molecular flexibility index (Phi) is 5.23. The minimum atomic E-state index is 0.804. The van der Waals surface area contributed by atoms with Crippen LogP contribution in [0.2, 0.25) is 0 Å². The summed E-state index contributed by atoms with van der Waals surface area (Å²) < 4.78 is 0. The van der Waals surface area contributed by atoms with Gasteiger partial charge in [0.15, 0.2) is 0 Å². The second kappa shape index (κ2) is 6.55. The highest BCUT2D eigenvalue weighted by Crippen LogP contribution is 2.05.